The van der Waals surface area contributed by atoms with Crippen LogP contribution in [0.15, 0.2) is 59.6 Å². The molecule has 10 atom stereocenters. The third-order valence-electron chi connectivity index (χ3n) is 11.9. The molecule has 434 valence electrons. The lowest BCUT2D eigenvalue weighted by Crippen LogP contribution is -2.61. The topological polar surface area (TPSA) is 498 Å². The van der Waals surface area contributed by atoms with Gasteiger partial charge < -0.3 is 81.6 Å². The van der Waals surface area contributed by atoms with Crippen LogP contribution in [0.25, 0.3) is 0 Å². The van der Waals surface area contributed by atoms with Gasteiger partial charge in [0.15, 0.2) is 5.96 Å². The molecule has 31 heteroatoms. The van der Waals surface area contributed by atoms with Crippen LogP contribution in [-0.2, 0) is 87.2 Å². The average Bonchev–Trinajstić information content (AvgIpc) is 3.88. The van der Waals surface area contributed by atoms with Gasteiger partial charge in [-0.25, -0.2) is 0 Å². The lowest BCUT2D eigenvalue weighted by molar-refractivity contribution is -0.142. The first-order chi connectivity index (χ1) is 37.2. The molecule has 0 aliphatic carbocycles. The number of guanidine groups is 1. The standard InChI is InChI=1S/C48H71N15O14S2/c1-78(76)24-29(49)40(68)59-32(21-27-12-14-28(64)15-13-27)44(72)60-33(20-26-8-4-3-5-9-26)43(71)57-31(16-17-37(50)65)42(70)61-34(22-38(51)66)45(73)62-35(25-79(2)77)47(75)63-19-7-11-36(63)46(74)58-30(10-6-18-55-48(53)54)41(69)56-23-39(52)67/h3-5,8-9,12-15,29-36,64H,6-7,10-11,16-25,49H2,1-2H3,(H2,50,65)(H2,51,66)(H2,52,67)(H,56,69)(H,57,71)(H,58,74)(H,59,68)(H,60,72)(H,61,70)(H,62,73)(H4,53,54,55)/t29-,30-,31-,32-,33-,34-,35-,36-,78?,79?/m0/s1. The number of benzene rings is 2. The van der Waals surface area contributed by atoms with E-state index < -0.39 is 166 Å². The van der Waals surface area contributed by atoms with E-state index in [0.717, 1.165) is 4.90 Å². The molecule has 2 aromatic rings. The molecule has 0 aromatic heterocycles. The maximum atomic E-state index is 14.4. The second-order valence-electron chi connectivity index (χ2n) is 18.5. The Morgan fingerprint density at radius 3 is 1.70 bits per heavy atom. The third kappa shape index (κ3) is 23.6. The summed E-state index contributed by atoms with van der Waals surface area (Å²) < 4.78 is 24.6. The normalized spacial score (nSPS) is 16.3. The number of nitrogens with one attached hydrogen (secondary N) is 7. The van der Waals surface area contributed by atoms with Crippen LogP contribution in [0, 0.1) is 0 Å². The van der Waals surface area contributed by atoms with Gasteiger partial charge in [-0.3, -0.25) is 66.2 Å². The first-order valence-corrected chi connectivity index (χ1v) is 28.2. The predicted molar refractivity (Wildman–Crippen MR) is 288 cm³/mol. The molecule has 1 saturated heterocycles. The Hall–Kier alpha value is -8.06. The summed E-state index contributed by atoms with van der Waals surface area (Å²) in [5.74, 6) is -11.6. The van der Waals surface area contributed by atoms with Crippen molar-refractivity contribution in [1.29, 1.82) is 0 Å². The number of likely N-dealkylation sites (tertiary alicyclic amines) is 1. The molecule has 1 heterocycles. The summed E-state index contributed by atoms with van der Waals surface area (Å²) in [6.45, 7) is -0.511. The van der Waals surface area contributed by atoms with E-state index in [1.165, 1.54) is 36.8 Å². The number of phenols is 1. The molecule has 1 aliphatic rings. The van der Waals surface area contributed by atoms with Crippen molar-refractivity contribution in [3.8, 4) is 5.75 Å². The van der Waals surface area contributed by atoms with Crippen molar-refractivity contribution in [3.63, 3.8) is 0 Å². The van der Waals surface area contributed by atoms with Gasteiger partial charge in [-0.1, -0.05) is 42.5 Å². The smallest absolute Gasteiger partial charge is 0.246 e. The van der Waals surface area contributed by atoms with Gasteiger partial charge in [-0.15, -0.1) is 0 Å². The zero-order valence-corrected chi connectivity index (χ0v) is 45.3. The maximum absolute atomic E-state index is 14.4. The summed E-state index contributed by atoms with van der Waals surface area (Å²) in [4.78, 5) is 152. The number of rotatable bonds is 33. The fourth-order valence-electron chi connectivity index (χ4n) is 8.05. The monoisotopic (exact) mass is 1150 g/mol. The largest absolute Gasteiger partial charge is 0.508 e. The van der Waals surface area contributed by atoms with Gasteiger partial charge in [0.05, 0.1) is 24.8 Å². The molecular formula is C48H71N15O14S2. The molecule has 79 heavy (non-hydrogen) atoms. The number of hydrogen-bond acceptors (Lipinski definition) is 16. The average molecular weight is 1150 g/mol. The van der Waals surface area contributed by atoms with Crippen molar-refractivity contribution in [2.75, 3.05) is 43.7 Å². The third-order valence-corrected chi connectivity index (χ3v) is 13.5. The van der Waals surface area contributed by atoms with Crippen LogP contribution >= 0.6 is 0 Å². The molecule has 0 bridgehead atoms. The Kier molecular flexibility index (Phi) is 26.9. The summed E-state index contributed by atoms with van der Waals surface area (Å²) in [7, 11) is -3.31. The van der Waals surface area contributed by atoms with E-state index in [1.807, 2.05) is 0 Å². The number of hydrogen-bond donors (Lipinski definition) is 14. The molecule has 1 fully saturated rings. The highest BCUT2D eigenvalue weighted by atomic mass is 32.2. The number of phenolic OH excluding ortho intramolecular Hbond substituents is 1. The first kappa shape index (κ1) is 65.2. The van der Waals surface area contributed by atoms with Crippen molar-refractivity contribution in [2.45, 2.75) is 106 Å². The molecule has 0 spiro atoms. The Balaban J connectivity index is 1.92. The van der Waals surface area contributed by atoms with E-state index in [-0.39, 0.29) is 69.1 Å². The van der Waals surface area contributed by atoms with Crippen LogP contribution < -0.4 is 71.6 Å². The molecule has 2 aromatic carbocycles. The fraction of sp³-hybridized carbons (Fsp3) is 0.500. The fourth-order valence-corrected chi connectivity index (χ4v) is 9.40. The minimum Gasteiger partial charge on any atom is -0.508 e. The van der Waals surface area contributed by atoms with Crippen molar-refractivity contribution in [3.05, 3.63) is 65.7 Å². The Bertz CT molecular complexity index is 2590. The van der Waals surface area contributed by atoms with Crippen LogP contribution in [0.2, 0.25) is 0 Å². The lowest BCUT2D eigenvalue weighted by Gasteiger charge is -2.30. The highest BCUT2D eigenvalue weighted by molar-refractivity contribution is 7.84. The van der Waals surface area contributed by atoms with Crippen molar-refractivity contribution < 1.29 is 66.3 Å². The summed E-state index contributed by atoms with van der Waals surface area (Å²) >= 11 is 0. The van der Waals surface area contributed by atoms with Crippen molar-refractivity contribution in [2.24, 2.45) is 39.4 Å². The van der Waals surface area contributed by atoms with Crippen LogP contribution in [0.1, 0.15) is 56.1 Å². The summed E-state index contributed by atoms with van der Waals surface area (Å²) in [6, 6.07) is 1.92. The number of carbonyl (C=O) groups is 11. The molecule has 2 unspecified atom stereocenters. The Morgan fingerprint density at radius 2 is 1.14 bits per heavy atom. The second-order valence-corrected chi connectivity index (χ2v) is 21.5. The Labute approximate surface area is 459 Å². The molecule has 11 amide bonds. The minimum absolute atomic E-state index is 0.0160. The second kappa shape index (κ2) is 32.6. The zero-order valence-electron chi connectivity index (χ0n) is 43.6. The van der Waals surface area contributed by atoms with Gasteiger partial charge in [0.25, 0.3) is 0 Å². The van der Waals surface area contributed by atoms with Crippen molar-refractivity contribution >= 4 is 92.5 Å². The van der Waals surface area contributed by atoms with Crippen LogP contribution in [0.5, 0.6) is 5.75 Å². The van der Waals surface area contributed by atoms with Gasteiger partial charge in [0.2, 0.25) is 65.0 Å². The number of aliphatic imine (C=N–C) groups is 1. The lowest BCUT2D eigenvalue weighted by atomic mass is 10.0. The first-order valence-electron chi connectivity index (χ1n) is 24.7. The molecule has 3 rings (SSSR count). The van der Waals surface area contributed by atoms with Gasteiger partial charge in [0.1, 0.15) is 48.0 Å². The van der Waals surface area contributed by atoms with Crippen LogP contribution in [0.3, 0.4) is 0 Å². The molecule has 1 aliphatic heterocycles. The van der Waals surface area contributed by atoms with E-state index in [4.69, 9.17) is 34.4 Å². The number of nitrogens with two attached hydrogens (primary N) is 6. The number of nitrogens with zero attached hydrogens (tertiary/aromatic N) is 2. The van der Waals surface area contributed by atoms with E-state index in [2.05, 4.69) is 42.2 Å². The molecule has 29 nitrogen and oxygen atoms in total. The van der Waals surface area contributed by atoms with E-state index in [0.29, 0.717) is 11.1 Å². The Morgan fingerprint density at radius 1 is 0.620 bits per heavy atom. The summed E-state index contributed by atoms with van der Waals surface area (Å²) in [6.07, 6.45) is 0.753. The van der Waals surface area contributed by atoms with E-state index in [1.54, 1.807) is 30.3 Å². The number of amides is 11. The zero-order chi connectivity index (χ0) is 58.9. The van der Waals surface area contributed by atoms with Gasteiger partial charge in [-0.2, -0.15) is 0 Å². The highest BCUT2D eigenvalue weighted by Crippen LogP contribution is 2.20. The van der Waals surface area contributed by atoms with Crippen LogP contribution in [-0.4, -0.2) is 181 Å². The number of aromatic hydroxyl groups is 1. The highest BCUT2D eigenvalue weighted by Gasteiger charge is 2.41. The van der Waals surface area contributed by atoms with E-state index >= 15 is 0 Å². The van der Waals surface area contributed by atoms with Crippen molar-refractivity contribution in [1.82, 2.24) is 42.1 Å². The van der Waals surface area contributed by atoms with E-state index in [9.17, 15) is 66.3 Å². The number of carbonyl (C=O) groups excluding carboxylic acids is 11. The SMILES string of the molecule is CS(=O)C[C@H](NC(=O)[C@H](CC(N)=O)NC(=O)[C@H](CCC(N)=O)NC(=O)[C@H](Cc1ccccc1)NC(=O)[C@H](Cc1ccc(O)cc1)NC(=O)[C@@H](N)CS(C)=O)C(=O)N1CCC[C@H]1C(=O)N[C@@H](CCCN=C(N)N)C(=O)NCC(N)=O. The van der Waals surface area contributed by atoms with Gasteiger partial charge in [-0.05, 0) is 55.4 Å². The molecule has 0 radical (unpaired) electrons. The molecule has 20 N–H and O–H groups in total. The van der Waals surface area contributed by atoms with Gasteiger partial charge >= 0.3 is 0 Å². The maximum Gasteiger partial charge on any atom is 0.246 e. The molecular weight excluding hydrogens is 1070 g/mol. The minimum atomic E-state index is -1.89. The summed E-state index contributed by atoms with van der Waals surface area (Å²) in [5, 5.41) is 27.0. The number of primary amides is 3. The quantitative estimate of drug-likeness (QED) is 0.0179. The molecule has 0 saturated carbocycles. The van der Waals surface area contributed by atoms with Gasteiger partial charge in [0, 0.05) is 72.2 Å². The van der Waals surface area contributed by atoms with Crippen LogP contribution in [0.4, 0.5) is 0 Å². The summed E-state index contributed by atoms with van der Waals surface area (Å²) in [5.41, 5.74) is 33.8. The predicted octanol–water partition coefficient (Wildman–Crippen LogP) is -7.04.